The molecule has 0 radical (unpaired) electrons. The maximum absolute atomic E-state index is 14.9. The number of halogens is 3. The third-order valence-electron chi connectivity index (χ3n) is 7.97. The number of nitrogens with one attached hydrogen (secondary N) is 1. The van der Waals surface area contributed by atoms with Gasteiger partial charge in [-0.25, -0.2) is 18.2 Å². The molecule has 7 rings (SSSR count). The number of pyridine rings is 1. The number of nitriles is 1. The van der Waals surface area contributed by atoms with E-state index in [1.807, 2.05) is 6.07 Å². The van der Waals surface area contributed by atoms with E-state index in [1.54, 1.807) is 0 Å². The fourth-order valence-electron chi connectivity index (χ4n) is 5.94. The topological polar surface area (TPSA) is 159 Å². The first-order chi connectivity index (χ1) is 19.6. The van der Waals surface area contributed by atoms with Crippen LogP contribution in [0.3, 0.4) is 0 Å². The molecule has 2 aromatic carbocycles. The molecule has 3 saturated carbocycles. The number of aromatic nitrogens is 2. The second kappa shape index (κ2) is 10.9. The van der Waals surface area contributed by atoms with Crippen molar-refractivity contribution in [2.75, 3.05) is 5.73 Å². The molecule has 2 heterocycles. The van der Waals surface area contributed by atoms with E-state index in [0.29, 0.717) is 12.0 Å². The molecular formula is C29H24F3N5O4. The van der Waals surface area contributed by atoms with E-state index < -0.39 is 34.2 Å². The van der Waals surface area contributed by atoms with Gasteiger partial charge in [0.05, 0.1) is 27.6 Å². The fourth-order valence-corrected chi connectivity index (χ4v) is 5.94. The molecule has 3 fully saturated rings. The zero-order valence-corrected chi connectivity index (χ0v) is 21.5. The van der Waals surface area contributed by atoms with Crippen molar-refractivity contribution < 1.29 is 28.0 Å². The lowest BCUT2D eigenvalue weighted by molar-refractivity contribution is -0.384. The SMILES string of the molecule is N#Cc1c(-c2c[nH]c3c(F)cc(F)cc23)nc(N)c(F)c1-c1ccc([N+](=O)[O-])cc1.O=C(O)C1CC2CCC1CC2. The number of non-ortho nitro benzene ring substituents is 1. The number of fused-ring (bicyclic) bond motifs is 4. The Morgan fingerprint density at radius 1 is 1.15 bits per heavy atom. The van der Waals surface area contributed by atoms with Crippen LogP contribution in [0.4, 0.5) is 24.7 Å². The average Bonchev–Trinajstić information content (AvgIpc) is 3.39. The summed E-state index contributed by atoms with van der Waals surface area (Å²) in [5.41, 5.74) is 5.24. The number of hydrogen-bond donors (Lipinski definition) is 3. The van der Waals surface area contributed by atoms with E-state index in [9.17, 15) is 33.3 Å². The summed E-state index contributed by atoms with van der Waals surface area (Å²) < 4.78 is 42.7. The smallest absolute Gasteiger partial charge is 0.306 e. The van der Waals surface area contributed by atoms with Crippen LogP contribution in [-0.2, 0) is 4.79 Å². The number of nitrogen functional groups attached to an aromatic ring is 1. The fraction of sp³-hybridized carbons (Fsp3) is 0.276. The molecule has 210 valence electrons. The maximum Gasteiger partial charge on any atom is 0.306 e. The molecule has 2 aromatic heterocycles. The number of carboxylic acid groups (broad SMARTS) is 1. The molecule has 0 saturated heterocycles. The summed E-state index contributed by atoms with van der Waals surface area (Å²) >= 11 is 0. The number of rotatable bonds is 4. The number of nitro groups is 1. The van der Waals surface area contributed by atoms with Crippen molar-refractivity contribution in [2.45, 2.75) is 32.1 Å². The van der Waals surface area contributed by atoms with Gasteiger partial charge in [-0.1, -0.05) is 12.8 Å². The summed E-state index contributed by atoms with van der Waals surface area (Å²) in [6, 6.07) is 8.46. The first-order valence-electron chi connectivity index (χ1n) is 12.9. The minimum Gasteiger partial charge on any atom is -0.481 e. The number of nitrogens with zero attached hydrogens (tertiary/aromatic N) is 3. The number of aromatic amines is 1. The lowest BCUT2D eigenvalue weighted by atomic mass is 9.65. The Kier molecular flexibility index (Phi) is 7.36. The van der Waals surface area contributed by atoms with Crippen LogP contribution in [0.1, 0.15) is 37.7 Å². The molecule has 1 unspecified atom stereocenters. The number of H-pyrrole nitrogens is 1. The third kappa shape index (κ3) is 5.18. The normalized spacial score (nSPS) is 19.3. The van der Waals surface area contributed by atoms with Crippen molar-refractivity contribution in [1.82, 2.24) is 9.97 Å². The Labute approximate surface area is 231 Å². The van der Waals surface area contributed by atoms with E-state index in [-0.39, 0.29) is 50.5 Å². The van der Waals surface area contributed by atoms with Gasteiger partial charge in [0, 0.05) is 40.9 Å². The highest BCUT2D eigenvalue weighted by Gasteiger charge is 2.39. The predicted octanol–water partition coefficient (Wildman–Crippen LogP) is 6.57. The van der Waals surface area contributed by atoms with Gasteiger partial charge in [0.1, 0.15) is 17.7 Å². The molecule has 3 aliphatic rings. The molecule has 3 aliphatic carbocycles. The van der Waals surface area contributed by atoms with Crippen LogP contribution in [0.2, 0.25) is 0 Å². The lowest BCUT2D eigenvalue weighted by Gasteiger charge is -2.40. The van der Waals surface area contributed by atoms with Crippen molar-refractivity contribution in [3.05, 3.63) is 75.7 Å². The standard InChI is InChI=1S/C20H10F3N5O2.C9H14O2/c21-10-5-12-14(8-26-19(12)15(22)6-10)18-13(7-24)16(17(23)20(25)27-18)9-1-3-11(4-2-9)28(29)30;10-9(11)8-5-6-1-3-7(8)4-2-6/h1-6,8,26H,(H2,25,27);6-8H,1-5H2,(H,10,11). The summed E-state index contributed by atoms with van der Waals surface area (Å²) in [6.45, 7) is 0. The molecule has 41 heavy (non-hydrogen) atoms. The molecular weight excluding hydrogens is 539 g/mol. The molecule has 0 aliphatic heterocycles. The van der Waals surface area contributed by atoms with Crippen LogP contribution in [0.25, 0.3) is 33.3 Å². The number of aliphatic carboxylic acids is 1. The number of hydrogen-bond acceptors (Lipinski definition) is 6. The molecule has 1 atom stereocenters. The van der Waals surface area contributed by atoms with Gasteiger partial charge < -0.3 is 15.8 Å². The minimum absolute atomic E-state index is 0.00231. The van der Waals surface area contributed by atoms with Gasteiger partial charge in [-0.15, -0.1) is 0 Å². The highest BCUT2D eigenvalue weighted by atomic mass is 19.1. The summed E-state index contributed by atoms with van der Waals surface area (Å²) in [6.07, 6.45) is 7.18. The number of nitrogens with two attached hydrogens (primary N) is 1. The zero-order valence-electron chi connectivity index (χ0n) is 21.5. The number of anilines is 1. The van der Waals surface area contributed by atoms with Crippen LogP contribution in [0.5, 0.6) is 0 Å². The quantitative estimate of drug-likeness (QED) is 0.187. The molecule has 2 bridgehead atoms. The van der Waals surface area contributed by atoms with Crippen molar-refractivity contribution in [1.29, 1.82) is 5.26 Å². The number of carboxylic acids is 1. The number of carbonyl (C=O) groups is 1. The first-order valence-corrected chi connectivity index (χ1v) is 12.9. The largest absolute Gasteiger partial charge is 0.481 e. The van der Waals surface area contributed by atoms with Gasteiger partial charge in [-0.3, -0.25) is 14.9 Å². The average molecular weight is 564 g/mol. The molecule has 0 spiro atoms. The third-order valence-corrected chi connectivity index (χ3v) is 7.97. The monoisotopic (exact) mass is 563 g/mol. The van der Waals surface area contributed by atoms with E-state index >= 15 is 0 Å². The van der Waals surface area contributed by atoms with Crippen molar-refractivity contribution >= 4 is 28.4 Å². The first kappa shape index (κ1) is 27.6. The van der Waals surface area contributed by atoms with E-state index in [4.69, 9.17) is 10.8 Å². The highest BCUT2D eigenvalue weighted by Crippen LogP contribution is 2.45. The molecule has 0 amide bonds. The van der Waals surface area contributed by atoms with E-state index in [1.165, 1.54) is 44.0 Å². The Balaban J connectivity index is 0.000000255. The van der Waals surface area contributed by atoms with Crippen LogP contribution in [-0.4, -0.2) is 26.0 Å². The van der Waals surface area contributed by atoms with Crippen molar-refractivity contribution in [3.63, 3.8) is 0 Å². The second-order valence-electron chi connectivity index (χ2n) is 10.3. The second-order valence-corrected chi connectivity index (χ2v) is 10.3. The summed E-state index contributed by atoms with van der Waals surface area (Å²) in [4.78, 5) is 27.6. The van der Waals surface area contributed by atoms with Gasteiger partial charge in [0.15, 0.2) is 11.6 Å². The highest BCUT2D eigenvalue weighted by molar-refractivity contribution is 5.98. The van der Waals surface area contributed by atoms with E-state index in [0.717, 1.165) is 30.5 Å². The molecule has 4 aromatic rings. The number of nitro benzene ring substituents is 1. The molecule has 9 nitrogen and oxygen atoms in total. The van der Waals surface area contributed by atoms with Crippen molar-refractivity contribution in [3.8, 4) is 28.5 Å². The van der Waals surface area contributed by atoms with E-state index in [2.05, 4.69) is 9.97 Å². The molecule has 4 N–H and O–H groups in total. The Morgan fingerprint density at radius 2 is 1.83 bits per heavy atom. The zero-order chi connectivity index (χ0) is 29.4. The van der Waals surface area contributed by atoms with Gasteiger partial charge in [0.25, 0.3) is 5.69 Å². The number of benzene rings is 2. The minimum atomic E-state index is -0.985. The van der Waals surface area contributed by atoms with Gasteiger partial charge in [-0.05, 0) is 54.9 Å². The van der Waals surface area contributed by atoms with Crippen LogP contribution >= 0.6 is 0 Å². The van der Waals surface area contributed by atoms with Crippen LogP contribution < -0.4 is 5.73 Å². The van der Waals surface area contributed by atoms with Gasteiger partial charge in [0.2, 0.25) is 0 Å². The van der Waals surface area contributed by atoms with Crippen molar-refractivity contribution in [2.24, 2.45) is 17.8 Å². The van der Waals surface area contributed by atoms with Gasteiger partial charge >= 0.3 is 5.97 Å². The maximum atomic E-state index is 14.9. The van der Waals surface area contributed by atoms with Gasteiger partial charge in [-0.2, -0.15) is 5.26 Å². The Hall–Kier alpha value is -4.92. The predicted molar refractivity (Wildman–Crippen MR) is 144 cm³/mol. The lowest BCUT2D eigenvalue weighted by Crippen LogP contribution is -2.35. The summed E-state index contributed by atoms with van der Waals surface area (Å²) in [5.74, 6) is -2.52. The summed E-state index contributed by atoms with van der Waals surface area (Å²) in [7, 11) is 0. The Morgan fingerprint density at radius 3 is 2.37 bits per heavy atom. The summed E-state index contributed by atoms with van der Waals surface area (Å²) in [5, 5.41) is 29.6. The molecule has 12 heteroatoms. The Bertz CT molecular complexity index is 1710. The van der Waals surface area contributed by atoms with Crippen LogP contribution in [0.15, 0.2) is 42.6 Å². The van der Waals surface area contributed by atoms with Crippen LogP contribution in [0, 0.1) is 56.7 Å².